The van der Waals surface area contributed by atoms with E-state index in [1.54, 1.807) is 0 Å². The van der Waals surface area contributed by atoms with Crippen molar-refractivity contribution in [2.24, 2.45) is 34.5 Å². The van der Waals surface area contributed by atoms with E-state index < -0.39 is 17.1 Å². The van der Waals surface area contributed by atoms with Crippen molar-refractivity contribution in [1.82, 2.24) is 0 Å². The maximum Gasteiger partial charge on any atom is 0.164 e. The number of Topliss-reactive ketones (excluding diaryl/α,β-unsaturated/α-hetero) is 1. The highest BCUT2D eigenvalue weighted by molar-refractivity contribution is 5.88. The van der Waals surface area contributed by atoms with Gasteiger partial charge in [0.1, 0.15) is 5.60 Å². The molecule has 3 fully saturated rings. The molecule has 8 atom stereocenters. The molecule has 4 aliphatic rings. The van der Waals surface area contributed by atoms with Gasteiger partial charge in [-0.1, -0.05) is 65.3 Å². The predicted octanol–water partition coefficient (Wildman–Crippen LogP) is 5.07. The van der Waals surface area contributed by atoms with Gasteiger partial charge >= 0.3 is 0 Å². The van der Waals surface area contributed by atoms with Crippen LogP contribution in [0.4, 0.5) is 0 Å². The Balaban J connectivity index is 0.00000109. The molecule has 0 aromatic rings. The number of allylic oxidation sites excluding steroid dienone is 4. The molecule has 3 saturated carbocycles. The van der Waals surface area contributed by atoms with Crippen LogP contribution in [0.15, 0.2) is 23.8 Å². The second kappa shape index (κ2) is 7.40. The van der Waals surface area contributed by atoms with Crippen molar-refractivity contribution in [3.8, 4) is 0 Å². The summed E-state index contributed by atoms with van der Waals surface area (Å²) in [6, 6.07) is 0. The molecule has 0 aromatic carbocycles. The maximum atomic E-state index is 12.7. The molecule has 0 unspecified atom stereocenters. The fourth-order valence-corrected chi connectivity index (χ4v) is 7.68. The normalized spacial score (nSPS) is 49.1. The van der Waals surface area contributed by atoms with Crippen LogP contribution in [0.1, 0.15) is 80.1 Å². The predicted molar refractivity (Wildman–Crippen MR) is 114 cm³/mol. The molecule has 3 heteroatoms. The van der Waals surface area contributed by atoms with Crippen LogP contribution in [0.5, 0.6) is 0 Å². The Morgan fingerprint density at radius 3 is 2.61 bits per heavy atom. The number of hydrogen-bond acceptors (Lipinski definition) is 3. The zero-order chi connectivity index (χ0) is 20.9. The number of aliphatic hydroxyl groups excluding tert-OH is 1. The number of carbonyl (C=O) groups excluding carboxylic acids is 1. The van der Waals surface area contributed by atoms with Gasteiger partial charge in [-0.05, 0) is 49.9 Å². The number of fused-ring (bicyclic) bond motifs is 5. The van der Waals surface area contributed by atoms with Crippen LogP contribution in [-0.2, 0) is 4.79 Å². The van der Waals surface area contributed by atoms with E-state index in [2.05, 4.69) is 39.0 Å². The van der Waals surface area contributed by atoms with E-state index in [0.717, 1.165) is 19.3 Å². The summed E-state index contributed by atoms with van der Waals surface area (Å²) >= 11 is 0. The highest BCUT2D eigenvalue weighted by Crippen LogP contribution is 2.67. The van der Waals surface area contributed by atoms with E-state index in [1.807, 2.05) is 20.8 Å². The van der Waals surface area contributed by atoms with Gasteiger partial charge in [0, 0.05) is 23.2 Å². The molecule has 4 aliphatic carbocycles. The highest BCUT2D eigenvalue weighted by atomic mass is 16.3. The Morgan fingerprint density at radius 2 is 1.96 bits per heavy atom. The van der Waals surface area contributed by atoms with Crippen molar-refractivity contribution in [3.63, 3.8) is 0 Å². The molecule has 3 nitrogen and oxygen atoms in total. The standard InChI is InChI=1S/C23H34O3.C2H6/c1-5-19(25)23(26)11-9-17-15-12-14(2)16-8-6-7-10-21(16,3)20(15)18(24)13-22(17,23)4;1-2/h7-8,10,14-15,17-18,20,24,26H,5-6,9,11-13H2,1-4H3;1-2H3/t14-,15-,17-,18-,20+,21-,22-,23-;/m0./s1. The van der Waals surface area contributed by atoms with Gasteiger partial charge in [-0.3, -0.25) is 4.79 Å². The minimum absolute atomic E-state index is 0.0404. The minimum atomic E-state index is -1.26. The van der Waals surface area contributed by atoms with Crippen molar-refractivity contribution < 1.29 is 15.0 Å². The molecular weight excluding hydrogens is 348 g/mol. The Hall–Kier alpha value is -0.930. The van der Waals surface area contributed by atoms with E-state index in [9.17, 15) is 15.0 Å². The van der Waals surface area contributed by atoms with E-state index in [1.165, 1.54) is 5.57 Å². The fraction of sp³-hybridized carbons (Fsp3) is 0.800. The highest BCUT2D eigenvalue weighted by Gasteiger charge is 2.68. The third-order valence-electron chi connectivity index (χ3n) is 8.80. The molecule has 0 heterocycles. The topological polar surface area (TPSA) is 57.5 Å². The number of hydrogen-bond donors (Lipinski definition) is 2. The number of rotatable bonds is 2. The largest absolute Gasteiger partial charge is 0.393 e. The van der Waals surface area contributed by atoms with Crippen LogP contribution >= 0.6 is 0 Å². The Labute approximate surface area is 171 Å². The first-order chi connectivity index (χ1) is 13.2. The van der Waals surface area contributed by atoms with E-state index in [-0.39, 0.29) is 17.1 Å². The monoisotopic (exact) mass is 388 g/mol. The van der Waals surface area contributed by atoms with Gasteiger partial charge < -0.3 is 10.2 Å². The average molecular weight is 389 g/mol. The van der Waals surface area contributed by atoms with Crippen LogP contribution in [0.2, 0.25) is 0 Å². The SMILES string of the molecule is CC.CCC(=O)[C@@]1(O)CC[C@H]2[C@@H]3C[C@H](C)C4=CCC=C[C@]4(C)[C@H]3[C@@H](O)C[C@@]21C. The lowest BCUT2D eigenvalue weighted by molar-refractivity contribution is -0.178. The molecule has 4 rings (SSSR count). The maximum absolute atomic E-state index is 12.7. The van der Waals surface area contributed by atoms with Crippen molar-refractivity contribution in [2.45, 2.75) is 91.8 Å². The van der Waals surface area contributed by atoms with Crippen LogP contribution in [0, 0.1) is 34.5 Å². The van der Waals surface area contributed by atoms with Crippen LogP contribution in [-0.4, -0.2) is 27.7 Å². The van der Waals surface area contributed by atoms with Crippen LogP contribution in [0.25, 0.3) is 0 Å². The molecule has 0 bridgehead atoms. The molecule has 0 aromatic heterocycles. The van der Waals surface area contributed by atoms with E-state index in [4.69, 9.17) is 0 Å². The van der Waals surface area contributed by atoms with Gasteiger partial charge in [0.2, 0.25) is 0 Å². The summed E-state index contributed by atoms with van der Waals surface area (Å²) in [5, 5.41) is 22.7. The zero-order valence-electron chi connectivity index (χ0n) is 18.7. The summed E-state index contributed by atoms with van der Waals surface area (Å²) in [7, 11) is 0. The van der Waals surface area contributed by atoms with E-state index in [0.29, 0.717) is 37.0 Å². The molecule has 2 N–H and O–H groups in total. The Kier molecular flexibility index (Phi) is 5.75. The fourth-order valence-electron chi connectivity index (χ4n) is 7.68. The molecule has 0 spiro atoms. The van der Waals surface area contributed by atoms with Crippen molar-refractivity contribution in [2.75, 3.05) is 0 Å². The molecule has 0 amide bonds. The van der Waals surface area contributed by atoms with Gasteiger partial charge in [0.05, 0.1) is 6.10 Å². The number of aliphatic hydroxyl groups is 2. The summed E-state index contributed by atoms with van der Waals surface area (Å²) in [5.74, 6) is 1.33. The average Bonchev–Trinajstić information content (AvgIpc) is 2.94. The lowest BCUT2D eigenvalue weighted by atomic mass is 9.45. The molecule has 0 radical (unpaired) electrons. The molecule has 158 valence electrons. The number of ketones is 1. The van der Waals surface area contributed by atoms with Crippen molar-refractivity contribution in [3.05, 3.63) is 23.8 Å². The lowest BCUT2D eigenvalue weighted by Crippen LogP contribution is -2.61. The Morgan fingerprint density at radius 1 is 1.29 bits per heavy atom. The van der Waals surface area contributed by atoms with E-state index >= 15 is 0 Å². The Bertz CT molecular complexity index is 679. The summed E-state index contributed by atoms with van der Waals surface area (Å²) in [5.41, 5.74) is -0.365. The molecule has 0 saturated heterocycles. The second-order valence-electron chi connectivity index (χ2n) is 9.88. The smallest absolute Gasteiger partial charge is 0.164 e. The van der Waals surface area contributed by atoms with Crippen molar-refractivity contribution in [1.29, 1.82) is 0 Å². The third kappa shape index (κ3) is 2.72. The summed E-state index contributed by atoms with van der Waals surface area (Å²) in [4.78, 5) is 12.7. The second-order valence-corrected chi connectivity index (χ2v) is 9.88. The van der Waals surface area contributed by atoms with Gasteiger partial charge in [-0.25, -0.2) is 0 Å². The van der Waals surface area contributed by atoms with Crippen LogP contribution in [0.3, 0.4) is 0 Å². The van der Waals surface area contributed by atoms with Gasteiger partial charge in [-0.15, -0.1) is 0 Å². The molecular formula is C25H40O3. The van der Waals surface area contributed by atoms with Gasteiger partial charge in [0.25, 0.3) is 0 Å². The minimum Gasteiger partial charge on any atom is -0.393 e. The summed E-state index contributed by atoms with van der Waals surface area (Å²) in [6.07, 6.45) is 10.9. The lowest BCUT2D eigenvalue weighted by Gasteiger charge is -2.61. The summed E-state index contributed by atoms with van der Waals surface area (Å²) in [6.45, 7) is 12.5. The molecule has 28 heavy (non-hydrogen) atoms. The number of carbonyl (C=O) groups is 1. The summed E-state index contributed by atoms with van der Waals surface area (Å²) < 4.78 is 0. The molecule has 0 aliphatic heterocycles. The van der Waals surface area contributed by atoms with Crippen LogP contribution < -0.4 is 0 Å². The third-order valence-corrected chi connectivity index (χ3v) is 8.80. The zero-order valence-corrected chi connectivity index (χ0v) is 18.7. The first kappa shape index (κ1) is 21.8. The van der Waals surface area contributed by atoms with Gasteiger partial charge in [-0.2, -0.15) is 0 Å². The first-order valence-electron chi connectivity index (χ1n) is 11.5. The van der Waals surface area contributed by atoms with Gasteiger partial charge in [0.15, 0.2) is 5.78 Å². The quantitative estimate of drug-likeness (QED) is 0.650. The van der Waals surface area contributed by atoms with Crippen molar-refractivity contribution >= 4 is 5.78 Å². The first-order valence-corrected chi connectivity index (χ1v) is 11.5.